The first-order valence-electron chi connectivity index (χ1n) is 5.23. The lowest BCUT2D eigenvalue weighted by Gasteiger charge is -2.34. The van der Waals surface area contributed by atoms with Crippen LogP contribution in [0.4, 0.5) is 11.5 Å². The van der Waals surface area contributed by atoms with Crippen LogP contribution in [0.25, 0.3) is 0 Å². The van der Waals surface area contributed by atoms with Gasteiger partial charge in [0, 0.05) is 6.54 Å². The predicted molar refractivity (Wildman–Crippen MR) is 61.0 cm³/mol. The van der Waals surface area contributed by atoms with E-state index in [9.17, 15) is 0 Å². The monoisotopic (exact) mass is 218 g/mol. The Balaban J connectivity index is 2.29. The normalized spacial score (nSPS) is 20.5. The van der Waals surface area contributed by atoms with Crippen LogP contribution in [0.2, 0.25) is 0 Å². The van der Waals surface area contributed by atoms with Crippen molar-refractivity contribution in [1.29, 1.82) is 5.26 Å². The molecule has 1 saturated heterocycles. The fraction of sp³-hybridized carbons (Fsp3) is 0.455. The van der Waals surface area contributed by atoms with E-state index in [0.29, 0.717) is 18.9 Å². The highest BCUT2D eigenvalue weighted by atomic mass is 16.5. The van der Waals surface area contributed by atoms with Crippen molar-refractivity contribution in [3.8, 4) is 6.07 Å². The number of rotatable bonds is 1. The molecule has 1 aliphatic heterocycles. The maximum atomic E-state index is 8.87. The number of pyridine rings is 1. The van der Waals surface area contributed by atoms with Crippen LogP contribution in [0.15, 0.2) is 12.1 Å². The zero-order valence-electron chi connectivity index (χ0n) is 9.18. The second kappa shape index (κ2) is 4.37. The number of aromatic nitrogens is 1. The van der Waals surface area contributed by atoms with Crippen molar-refractivity contribution >= 4 is 11.5 Å². The molecule has 2 heterocycles. The molecular weight excluding hydrogens is 204 g/mol. The quantitative estimate of drug-likeness (QED) is 0.753. The molecule has 16 heavy (non-hydrogen) atoms. The average Bonchev–Trinajstić information content (AvgIpc) is 2.31. The zero-order chi connectivity index (χ0) is 11.5. The fourth-order valence-electron chi connectivity index (χ4n) is 1.78. The Bertz CT molecular complexity index is 426. The van der Waals surface area contributed by atoms with Gasteiger partial charge in [-0.15, -0.1) is 0 Å². The van der Waals surface area contributed by atoms with Gasteiger partial charge in [0.25, 0.3) is 0 Å². The SMILES string of the molecule is CC1COCCN1c1ccc(N)c(C#N)n1. The van der Waals surface area contributed by atoms with Crippen LogP contribution in [0.1, 0.15) is 12.6 Å². The second-order valence-electron chi connectivity index (χ2n) is 3.84. The third-order valence-electron chi connectivity index (χ3n) is 2.68. The Kier molecular flexibility index (Phi) is 2.93. The molecule has 5 nitrogen and oxygen atoms in total. The molecular formula is C11H14N4O. The van der Waals surface area contributed by atoms with Gasteiger partial charge in [-0.25, -0.2) is 4.98 Å². The van der Waals surface area contributed by atoms with Gasteiger partial charge in [-0.1, -0.05) is 0 Å². The zero-order valence-corrected chi connectivity index (χ0v) is 9.18. The van der Waals surface area contributed by atoms with Gasteiger partial charge in [0.15, 0.2) is 5.69 Å². The Hall–Kier alpha value is -1.80. The molecule has 1 fully saturated rings. The molecule has 5 heteroatoms. The van der Waals surface area contributed by atoms with Crippen LogP contribution in [-0.4, -0.2) is 30.8 Å². The van der Waals surface area contributed by atoms with E-state index >= 15 is 0 Å². The van der Waals surface area contributed by atoms with Crippen LogP contribution in [0.3, 0.4) is 0 Å². The summed E-state index contributed by atoms with van der Waals surface area (Å²) in [5.74, 6) is 0.793. The van der Waals surface area contributed by atoms with Crippen molar-refractivity contribution in [3.05, 3.63) is 17.8 Å². The summed E-state index contributed by atoms with van der Waals surface area (Å²) in [6, 6.07) is 5.84. The van der Waals surface area contributed by atoms with Gasteiger partial charge in [0.1, 0.15) is 11.9 Å². The van der Waals surface area contributed by atoms with Gasteiger partial charge in [0.2, 0.25) is 0 Å². The maximum absolute atomic E-state index is 8.87. The molecule has 2 rings (SSSR count). The molecule has 0 amide bonds. The van der Waals surface area contributed by atoms with E-state index in [1.165, 1.54) is 0 Å². The molecule has 0 aliphatic carbocycles. The maximum Gasteiger partial charge on any atom is 0.165 e. The number of hydrogen-bond donors (Lipinski definition) is 1. The topological polar surface area (TPSA) is 75.2 Å². The summed E-state index contributed by atoms with van der Waals surface area (Å²) in [7, 11) is 0. The molecule has 0 spiro atoms. The summed E-state index contributed by atoms with van der Waals surface area (Å²) in [5, 5.41) is 8.87. The molecule has 0 bridgehead atoms. The predicted octanol–water partition coefficient (Wildman–Crippen LogP) is 0.761. The lowest BCUT2D eigenvalue weighted by Crippen LogP contribution is -2.44. The highest BCUT2D eigenvalue weighted by Crippen LogP contribution is 2.20. The van der Waals surface area contributed by atoms with E-state index in [1.54, 1.807) is 6.07 Å². The summed E-state index contributed by atoms with van der Waals surface area (Å²) >= 11 is 0. The van der Waals surface area contributed by atoms with Gasteiger partial charge in [0.05, 0.1) is 24.9 Å². The van der Waals surface area contributed by atoms with E-state index in [2.05, 4.69) is 16.8 Å². The molecule has 1 aromatic rings. The Labute approximate surface area is 94.4 Å². The first-order valence-corrected chi connectivity index (χ1v) is 5.23. The number of nitrogen functional groups attached to an aromatic ring is 1. The van der Waals surface area contributed by atoms with Crippen molar-refractivity contribution in [2.75, 3.05) is 30.4 Å². The van der Waals surface area contributed by atoms with Crippen LogP contribution in [0, 0.1) is 11.3 Å². The molecule has 0 saturated carbocycles. The lowest BCUT2D eigenvalue weighted by atomic mass is 10.2. The van der Waals surface area contributed by atoms with Crippen LogP contribution in [-0.2, 0) is 4.74 Å². The molecule has 84 valence electrons. The van der Waals surface area contributed by atoms with E-state index in [-0.39, 0.29) is 11.7 Å². The summed E-state index contributed by atoms with van der Waals surface area (Å²) in [6.45, 7) is 4.25. The van der Waals surface area contributed by atoms with E-state index in [4.69, 9.17) is 15.7 Å². The summed E-state index contributed by atoms with van der Waals surface area (Å²) < 4.78 is 5.35. The number of nitrogens with two attached hydrogens (primary N) is 1. The molecule has 1 aromatic heterocycles. The van der Waals surface area contributed by atoms with Crippen molar-refractivity contribution in [2.45, 2.75) is 13.0 Å². The van der Waals surface area contributed by atoms with Gasteiger partial charge < -0.3 is 15.4 Å². The van der Waals surface area contributed by atoms with E-state index in [1.807, 2.05) is 12.1 Å². The van der Waals surface area contributed by atoms with E-state index in [0.717, 1.165) is 12.4 Å². The Morgan fingerprint density at radius 3 is 3.12 bits per heavy atom. The minimum Gasteiger partial charge on any atom is -0.396 e. The molecule has 1 unspecified atom stereocenters. The van der Waals surface area contributed by atoms with Crippen molar-refractivity contribution < 1.29 is 4.74 Å². The standard InChI is InChI=1S/C11H14N4O/c1-8-7-16-5-4-15(8)11-3-2-9(13)10(6-12)14-11/h2-3,8H,4-5,7,13H2,1H3. The van der Waals surface area contributed by atoms with Gasteiger partial charge in [-0.05, 0) is 19.1 Å². The number of hydrogen-bond acceptors (Lipinski definition) is 5. The van der Waals surface area contributed by atoms with Crippen molar-refractivity contribution in [1.82, 2.24) is 4.98 Å². The van der Waals surface area contributed by atoms with Gasteiger partial charge in [-0.2, -0.15) is 5.26 Å². The van der Waals surface area contributed by atoms with Crippen LogP contribution >= 0.6 is 0 Å². The number of anilines is 2. The smallest absolute Gasteiger partial charge is 0.165 e. The Morgan fingerprint density at radius 1 is 1.62 bits per heavy atom. The van der Waals surface area contributed by atoms with E-state index < -0.39 is 0 Å². The number of ether oxygens (including phenoxy) is 1. The Morgan fingerprint density at radius 2 is 2.44 bits per heavy atom. The summed E-state index contributed by atoms with van der Waals surface area (Å²) in [4.78, 5) is 6.38. The van der Waals surface area contributed by atoms with Crippen molar-refractivity contribution in [3.63, 3.8) is 0 Å². The van der Waals surface area contributed by atoms with Gasteiger partial charge in [-0.3, -0.25) is 0 Å². The molecule has 1 atom stereocenters. The van der Waals surface area contributed by atoms with Crippen molar-refractivity contribution in [2.24, 2.45) is 0 Å². The third kappa shape index (κ3) is 1.92. The minimum absolute atomic E-state index is 0.274. The number of nitriles is 1. The fourth-order valence-corrected chi connectivity index (χ4v) is 1.78. The molecule has 0 aromatic carbocycles. The lowest BCUT2D eigenvalue weighted by molar-refractivity contribution is 0.0985. The molecule has 1 aliphatic rings. The molecule has 2 N–H and O–H groups in total. The summed E-state index contributed by atoms with van der Waals surface area (Å²) in [6.07, 6.45) is 0. The third-order valence-corrected chi connectivity index (χ3v) is 2.68. The number of morpholine rings is 1. The largest absolute Gasteiger partial charge is 0.396 e. The number of nitrogens with zero attached hydrogens (tertiary/aromatic N) is 3. The highest BCUT2D eigenvalue weighted by Gasteiger charge is 2.20. The van der Waals surface area contributed by atoms with Crippen LogP contribution in [0.5, 0.6) is 0 Å². The average molecular weight is 218 g/mol. The molecule has 0 radical (unpaired) electrons. The first kappa shape index (κ1) is 10.7. The van der Waals surface area contributed by atoms with Gasteiger partial charge >= 0.3 is 0 Å². The highest BCUT2D eigenvalue weighted by molar-refractivity contribution is 5.55. The first-order chi connectivity index (χ1) is 7.72. The second-order valence-corrected chi connectivity index (χ2v) is 3.84. The summed E-state index contributed by atoms with van der Waals surface area (Å²) in [5.41, 5.74) is 6.35. The minimum atomic E-state index is 0.274. The van der Waals surface area contributed by atoms with Crippen LogP contribution < -0.4 is 10.6 Å².